The maximum atomic E-state index is 11.9. The number of hydrogen-bond acceptors (Lipinski definition) is 2. The normalized spacial score (nSPS) is 10.8. The van der Waals surface area contributed by atoms with Gasteiger partial charge >= 0.3 is 0 Å². The minimum atomic E-state index is -0.134. The van der Waals surface area contributed by atoms with Crippen LogP contribution in [0.1, 0.15) is 16.1 Å². The van der Waals surface area contributed by atoms with E-state index >= 15 is 0 Å². The summed E-state index contributed by atoms with van der Waals surface area (Å²) in [6.45, 7) is 0.594. The van der Waals surface area contributed by atoms with Gasteiger partial charge in [0.1, 0.15) is 5.69 Å². The van der Waals surface area contributed by atoms with Gasteiger partial charge in [-0.1, -0.05) is 18.2 Å². The summed E-state index contributed by atoms with van der Waals surface area (Å²) >= 11 is 0. The first-order chi connectivity index (χ1) is 9.74. The van der Waals surface area contributed by atoms with Crippen LogP contribution >= 0.6 is 0 Å². The number of aromatic nitrogens is 3. The number of fused-ring (bicyclic) bond motifs is 1. The number of carbonyl (C=O) groups excluding carboxylic acids is 1. The highest BCUT2D eigenvalue weighted by atomic mass is 16.1. The summed E-state index contributed by atoms with van der Waals surface area (Å²) in [5.41, 5.74) is 2.78. The molecule has 0 bridgehead atoms. The van der Waals surface area contributed by atoms with Crippen molar-refractivity contribution in [2.45, 2.75) is 6.42 Å². The number of imidazole rings is 1. The van der Waals surface area contributed by atoms with Gasteiger partial charge < -0.3 is 14.9 Å². The number of benzene rings is 1. The van der Waals surface area contributed by atoms with Gasteiger partial charge in [0.2, 0.25) is 0 Å². The number of rotatable bonds is 4. The number of H-pyrrole nitrogens is 1. The molecular formula is C15H16N4O. The van der Waals surface area contributed by atoms with Gasteiger partial charge in [-0.25, -0.2) is 4.98 Å². The van der Waals surface area contributed by atoms with Gasteiger partial charge in [-0.2, -0.15) is 0 Å². The topological polar surface area (TPSA) is 62.7 Å². The highest BCUT2D eigenvalue weighted by molar-refractivity contribution is 5.92. The fourth-order valence-electron chi connectivity index (χ4n) is 2.27. The summed E-state index contributed by atoms with van der Waals surface area (Å²) in [4.78, 5) is 19.1. The van der Waals surface area contributed by atoms with Crippen LogP contribution in [0.15, 0.2) is 43.0 Å². The van der Waals surface area contributed by atoms with Crippen LogP contribution in [-0.2, 0) is 13.5 Å². The Balaban J connectivity index is 1.61. The highest BCUT2D eigenvalue weighted by Gasteiger charge is 2.08. The molecule has 0 unspecified atom stereocenters. The van der Waals surface area contributed by atoms with Gasteiger partial charge in [-0.3, -0.25) is 4.79 Å². The second-order valence-corrected chi connectivity index (χ2v) is 4.79. The highest BCUT2D eigenvalue weighted by Crippen LogP contribution is 2.17. The lowest BCUT2D eigenvalue weighted by Gasteiger charge is -2.02. The van der Waals surface area contributed by atoms with Gasteiger partial charge in [0.25, 0.3) is 5.91 Å². The number of aromatic amines is 1. The second kappa shape index (κ2) is 5.21. The van der Waals surface area contributed by atoms with E-state index in [9.17, 15) is 4.79 Å². The lowest BCUT2D eigenvalue weighted by atomic mass is 10.1. The van der Waals surface area contributed by atoms with Crippen LogP contribution < -0.4 is 5.32 Å². The minimum absolute atomic E-state index is 0.134. The molecule has 0 aliphatic rings. The standard InChI is InChI=1S/C15H16N4O/c1-19-9-14(18-10-19)15(20)16-7-6-11-8-17-13-5-3-2-4-12(11)13/h2-5,8-10,17H,6-7H2,1H3,(H,16,20). The molecule has 3 aromatic rings. The monoisotopic (exact) mass is 268 g/mol. The molecule has 0 aliphatic heterocycles. The van der Waals surface area contributed by atoms with Crippen molar-refractivity contribution in [2.75, 3.05) is 6.54 Å². The third-order valence-electron chi connectivity index (χ3n) is 3.29. The van der Waals surface area contributed by atoms with Crippen molar-refractivity contribution in [1.82, 2.24) is 19.9 Å². The second-order valence-electron chi connectivity index (χ2n) is 4.79. The molecule has 0 radical (unpaired) electrons. The summed E-state index contributed by atoms with van der Waals surface area (Å²) in [6, 6.07) is 8.16. The average molecular weight is 268 g/mol. The van der Waals surface area contributed by atoms with Crippen molar-refractivity contribution in [1.29, 1.82) is 0 Å². The van der Waals surface area contributed by atoms with Crippen LogP contribution in [0.4, 0.5) is 0 Å². The smallest absolute Gasteiger partial charge is 0.271 e. The Morgan fingerprint density at radius 3 is 3.05 bits per heavy atom. The number of carbonyl (C=O) groups is 1. The van der Waals surface area contributed by atoms with Crippen LogP contribution in [0.3, 0.4) is 0 Å². The molecule has 2 aromatic heterocycles. The third kappa shape index (κ3) is 2.42. The van der Waals surface area contributed by atoms with Crippen LogP contribution in [0.25, 0.3) is 10.9 Å². The van der Waals surface area contributed by atoms with Crippen molar-refractivity contribution >= 4 is 16.8 Å². The number of nitrogens with one attached hydrogen (secondary N) is 2. The van der Waals surface area contributed by atoms with Crippen molar-refractivity contribution in [3.8, 4) is 0 Å². The lowest BCUT2D eigenvalue weighted by molar-refractivity contribution is 0.0949. The fraction of sp³-hybridized carbons (Fsp3) is 0.200. The van der Waals surface area contributed by atoms with E-state index in [1.165, 1.54) is 10.9 Å². The van der Waals surface area contributed by atoms with E-state index in [1.807, 2.05) is 31.4 Å². The lowest BCUT2D eigenvalue weighted by Crippen LogP contribution is -2.25. The largest absolute Gasteiger partial charge is 0.361 e. The molecule has 5 heteroatoms. The molecule has 5 nitrogen and oxygen atoms in total. The molecule has 1 amide bonds. The van der Waals surface area contributed by atoms with Crippen molar-refractivity contribution in [3.05, 3.63) is 54.2 Å². The Hall–Kier alpha value is -2.56. The SMILES string of the molecule is Cn1cnc(C(=O)NCCc2c[nH]c3ccccc23)c1. The summed E-state index contributed by atoms with van der Waals surface area (Å²) in [5.74, 6) is -0.134. The Morgan fingerprint density at radius 1 is 1.40 bits per heavy atom. The van der Waals surface area contributed by atoms with Gasteiger partial charge in [0.15, 0.2) is 0 Å². The van der Waals surface area contributed by atoms with Crippen molar-refractivity contribution in [3.63, 3.8) is 0 Å². The number of hydrogen-bond donors (Lipinski definition) is 2. The Kier molecular flexibility index (Phi) is 3.25. The average Bonchev–Trinajstić information content (AvgIpc) is 3.06. The van der Waals surface area contributed by atoms with Gasteiger partial charge in [-0.05, 0) is 18.1 Å². The van der Waals surface area contributed by atoms with E-state index in [-0.39, 0.29) is 5.91 Å². The Morgan fingerprint density at radius 2 is 2.25 bits per heavy atom. The third-order valence-corrected chi connectivity index (χ3v) is 3.29. The van der Waals surface area contributed by atoms with Crippen molar-refractivity contribution in [2.24, 2.45) is 7.05 Å². The summed E-state index contributed by atoms with van der Waals surface area (Å²) in [6.07, 6.45) is 6.12. The maximum absolute atomic E-state index is 11.9. The Bertz CT molecular complexity index is 741. The number of amides is 1. The molecule has 20 heavy (non-hydrogen) atoms. The molecular weight excluding hydrogens is 252 g/mol. The van der Waals surface area contributed by atoms with Crippen LogP contribution in [0, 0.1) is 0 Å². The number of nitrogens with zero attached hydrogens (tertiary/aromatic N) is 2. The van der Waals surface area contributed by atoms with Crippen LogP contribution in [0.5, 0.6) is 0 Å². The molecule has 102 valence electrons. The molecule has 0 atom stereocenters. The summed E-state index contributed by atoms with van der Waals surface area (Å²) in [7, 11) is 1.84. The fourth-order valence-corrected chi connectivity index (χ4v) is 2.27. The van der Waals surface area contributed by atoms with E-state index in [1.54, 1.807) is 17.1 Å². The zero-order valence-corrected chi connectivity index (χ0v) is 11.3. The zero-order chi connectivity index (χ0) is 13.9. The zero-order valence-electron chi connectivity index (χ0n) is 11.3. The molecule has 1 aromatic carbocycles. The quantitative estimate of drug-likeness (QED) is 0.759. The minimum Gasteiger partial charge on any atom is -0.361 e. The molecule has 0 aliphatic carbocycles. The summed E-state index contributed by atoms with van der Waals surface area (Å²) in [5, 5.41) is 4.09. The first kappa shape index (κ1) is 12.5. The number of para-hydroxylation sites is 1. The molecule has 0 fully saturated rings. The predicted octanol–water partition coefficient (Wildman–Crippen LogP) is 1.87. The molecule has 3 rings (SSSR count). The van der Waals surface area contributed by atoms with E-state index in [0.717, 1.165) is 11.9 Å². The van der Waals surface area contributed by atoms with Crippen LogP contribution in [0.2, 0.25) is 0 Å². The van der Waals surface area contributed by atoms with Gasteiger partial charge in [-0.15, -0.1) is 0 Å². The first-order valence-corrected chi connectivity index (χ1v) is 6.55. The summed E-state index contributed by atoms with van der Waals surface area (Å²) < 4.78 is 1.76. The van der Waals surface area contributed by atoms with Crippen molar-refractivity contribution < 1.29 is 4.79 Å². The first-order valence-electron chi connectivity index (χ1n) is 6.55. The van der Waals surface area contributed by atoms with Gasteiger partial charge in [0, 0.05) is 36.9 Å². The Labute approximate surface area is 116 Å². The van der Waals surface area contributed by atoms with E-state index in [4.69, 9.17) is 0 Å². The van der Waals surface area contributed by atoms with E-state index < -0.39 is 0 Å². The van der Waals surface area contributed by atoms with Crippen LogP contribution in [-0.4, -0.2) is 27.0 Å². The van der Waals surface area contributed by atoms with E-state index in [0.29, 0.717) is 12.2 Å². The molecule has 0 saturated heterocycles. The molecule has 0 saturated carbocycles. The molecule has 0 spiro atoms. The molecule has 2 N–H and O–H groups in total. The predicted molar refractivity (Wildman–Crippen MR) is 77.5 cm³/mol. The molecule has 2 heterocycles. The maximum Gasteiger partial charge on any atom is 0.271 e. The van der Waals surface area contributed by atoms with Gasteiger partial charge in [0.05, 0.1) is 6.33 Å². The number of aryl methyl sites for hydroxylation is 1. The van der Waals surface area contributed by atoms with E-state index in [2.05, 4.69) is 21.4 Å².